The van der Waals surface area contributed by atoms with Crippen LogP contribution in [0, 0.1) is 10.1 Å². The first-order chi connectivity index (χ1) is 12.1. The molecule has 3 rings (SSSR count). The summed E-state index contributed by atoms with van der Waals surface area (Å²) in [5.74, 6) is -0.863. The maximum absolute atomic E-state index is 12.7. The van der Waals surface area contributed by atoms with E-state index in [9.17, 15) is 14.9 Å². The fourth-order valence-electron chi connectivity index (χ4n) is 3.15. The number of hydrogen-bond donors (Lipinski definition) is 0. The minimum absolute atomic E-state index is 0.0735. The normalized spacial score (nSPS) is 13.5. The third-order valence-corrected chi connectivity index (χ3v) is 5.11. The number of carbonyl (C=O) groups excluding carboxylic acids is 1. The van der Waals surface area contributed by atoms with Crippen molar-refractivity contribution in [3.8, 4) is 0 Å². The van der Waals surface area contributed by atoms with Crippen LogP contribution in [0.25, 0.3) is 21.5 Å². The summed E-state index contributed by atoms with van der Waals surface area (Å²) in [5.41, 5.74) is -1.65. The summed E-state index contributed by atoms with van der Waals surface area (Å²) >= 11 is 3.21. The predicted molar refractivity (Wildman–Crippen MR) is 101 cm³/mol. The molecule has 1 unspecified atom stereocenters. The molecule has 0 amide bonds. The summed E-state index contributed by atoms with van der Waals surface area (Å²) in [6.45, 7) is 1.71. The van der Waals surface area contributed by atoms with Crippen molar-refractivity contribution in [1.29, 1.82) is 0 Å². The van der Waals surface area contributed by atoms with Crippen LogP contribution in [0.2, 0.25) is 0 Å². The zero-order valence-corrected chi connectivity index (χ0v) is 15.2. The lowest BCUT2D eigenvalue weighted by atomic mass is 9.84. The van der Waals surface area contributed by atoms with Crippen molar-refractivity contribution >= 4 is 43.4 Å². The molecule has 0 heterocycles. The first-order valence-corrected chi connectivity index (χ1v) is 8.97. The molecule has 0 aliphatic rings. The second-order valence-electron chi connectivity index (χ2n) is 5.67. The highest BCUT2D eigenvalue weighted by Crippen LogP contribution is 2.39. The first-order valence-electron chi connectivity index (χ1n) is 7.85. The second-order valence-corrected chi connectivity index (χ2v) is 6.23. The third-order valence-electron chi connectivity index (χ3n) is 4.30. The molecule has 0 aliphatic carbocycles. The molecule has 1 atom stereocenters. The molecule has 0 aliphatic heterocycles. The maximum atomic E-state index is 12.7. The van der Waals surface area contributed by atoms with Crippen LogP contribution in [-0.4, -0.2) is 22.8 Å². The average molecular weight is 402 g/mol. The number of ether oxygens (including phenoxy) is 1. The van der Waals surface area contributed by atoms with E-state index in [0.717, 1.165) is 10.8 Å². The van der Waals surface area contributed by atoms with Crippen LogP contribution in [0.3, 0.4) is 0 Å². The number of carbonyl (C=O) groups is 1. The number of fused-ring (bicyclic) bond motifs is 2. The van der Waals surface area contributed by atoms with E-state index in [0.29, 0.717) is 16.3 Å². The minimum Gasteiger partial charge on any atom is -0.460 e. The average Bonchev–Trinajstić information content (AvgIpc) is 2.62. The maximum Gasteiger partial charge on any atom is 0.390 e. The molecule has 0 N–H and O–H groups in total. The van der Waals surface area contributed by atoms with Crippen molar-refractivity contribution in [2.45, 2.75) is 12.5 Å². The van der Waals surface area contributed by atoms with Gasteiger partial charge in [-0.2, -0.15) is 0 Å². The molecule has 0 saturated carbocycles. The second kappa shape index (κ2) is 6.80. The Labute approximate surface area is 152 Å². The number of esters is 1. The Bertz CT molecular complexity index is 918. The van der Waals surface area contributed by atoms with E-state index in [1.54, 1.807) is 19.1 Å². The number of benzene rings is 3. The van der Waals surface area contributed by atoms with Crippen molar-refractivity contribution in [2.75, 3.05) is 11.9 Å². The van der Waals surface area contributed by atoms with Crippen LogP contribution in [0.1, 0.15) is 12.5 Å². The van der Waals surface area contributed by atoms with Gasteiger partial charge in [-0.1, -0.05) is 64.5 Å². The lowest BCUT2D eigenvalue weighted by molar-refractivity contribution is -0.556. The zero-order chi connectivity index (χ0) is 18.0. The number of alkyl halides is 1. The SMILES string of the molecule is CCOC(=O)C(CBr)(c1c2ccccc2cc2ccccc12)[N+](=O)[O-]. The van der Waals surface area contributed by atoms with Crippen molar-refractivity contribution in [2.24, 2.45) is 0 Å². The van der Waals surface area contributed by atoms with E-state index in [1.165, 1.54) is 0 Å². The summed E-state index contributed by atoms with van der Waals surface area (Å²) in [6.07, 6.45) is 0. The van der Waals surface area contributed by atoms with Gasteiger partial charge >= 0.3 is 11.5 Å². The van der Waals surface area contributed by atoms with E-state index in [1.807, 2.05) is 42.5 Å². The van der Waals surface area contributed by atoms with Crippen LogP contribution >= 0.6 is 15.9 Å². The smallest absolute Gasteiger partial charge is 0.390 e. The van der Waals surface area contributed by atoms with Gasteiger partial charge in [0.15, 0.2) is 0 Å². The Morgan fingerprint density at radius 3 is 2.08 bits per heavy atom. The molecule has 0 fully saturated rings. The zero-order valence-electron chi connectivity index (χ0n) is 13.6. The van der Waals surface area contributed by atoms with E-state index in [-0.39, 0.29) is 11.9 Å². The largest absolute Gasteiger partial charge is 0.460 e. The highest BCUT2D eigenvalue weighted by atomic mass is 79.9. The molecule has 0 aromatic heterocycles. The van der Waals surface area contributed by atoms with Crippen LogP contribution in [0.5, 0.6) is 0 Å². The lowest BCUT2D eigenvalue weighted by Crippen LogP contribution is -2.46. The van der Waals surface area contributed by atoms with Gasteiger partial charge in [-0.3, -0.25) is 10.1 Å². The van der Waals surface area contributed by atoms with Crippen molar-refractivity contribution < 1.29 is 14.5 Å². The minimum atomic E-state index is -2.02. The predicted octanol–water partition coefficient (Wildman–Crippen LogP) is 4.42. The Kier molecular flexibility index (Phi) is 4.72. The topological polar surface area (TPSA) is 69.4 Å². The molecule has 5 nitrogen and oxygen atoms in total. The van der Waals surface area contributed by atoms with Gasteiger partial charge in [0.25, 0.3) is 0 Å². The standard InChI is InChI=1S/C19H16BrNO4/c1-2-25-18(22)19(12-20,21(23)24)17-15-9-5-3-7-13(15)11-14-8-4-6-10-16(14)17/h3-11H,2,12H2,1H3. The van der Waals surface area contributed by atoms with Gasteiger partial charge in [-0.05, 0) is 34.5 Å². The molecule has 0 saturated heterocycles. The Morgan fingerprint density at radius 2 is 1.64 bits per heavy atom. The number of rotatable bonds is 5. The van der Waals surface area contributed by atoms with Gasteiger partial charge in [-0.15, -0.1) is 0 Å². The summed E-state index contributed by atoms with van der Waals surface area (Å²) in [6, 6.07) is 16.7. The summed E-state index contributed by atoms with van der Waals surface area (Å²) in [4.78, 5) is 24.3. The summed E-state index contributed by atoms with van der Waals surface area (Å²) in [7, 11) is 0. The van der Waals surface area contributed by atoms with Gasteiger partial charge in [0, 0.05) is 4.92 Å². The highest BCUT2D eigenvalue weighted by Gasteiger charge is 2.55. The Morgan fingerprint density at radius 1 is 1.12 bits per heavy atom. The van der Waals surface area contributed by atoms with E-state index in [2.05, 4.69) is 15.9 Å². The molecule has 128 valence electrons. The third kappa shape index (κ3) is 2.66. The number of hydrogen-bond acceptors (Lipinski definition) is 4. The summed E-state index contributed by atoms with van der Waals surface area (Å²) < 4.78 is 5.10. The van der Waals surface area contributed by atoms with Crippen molar-refractivity contribution in [3.05, 3.63) is 70.3 Å². The van der Waals surface area contributed by atoms with Crippen molar-refractivity contribution in [1.82, 2.24) is 0 Å². The first kappa shape index (κ1) is 17.4. The van der Waals surface area contributed by atoms with Gasteiger partial charge in [0.05, 0.1) is 17.5 Å². The van der Waals surface area contributed by atoms with Crippen molar-refractivity contribution in [3.63, 3.8) is 0 Å². The molecule has 3 aromatic rings. The summed E-state index contributed by atoms with van der Waals surface area (Å²) in [5, 5.41) is 15.0. The molecular formula is C19H16BrNO4. The highest BCUT2D eigenvalue weighted by molar-refractivity contribution is 9.09. The fraction of sp³-hybridized carbons (Fsp3) is 0.211. The van der Waals surface area contributed by atoms with E-state index < -0.39 is 16.4 Å². The van der Waals surface area contributed by atoms with E-state index in [4.69, 9.17) is 4.74 Å². The molecule has 3 aromatic carbocycles. The molecular weight excluding hydrogens is 386 g/mol. The van der Waals surface area contributed by atoms with Crippen LogP contribution in [-0.2, 0) is 15.1 Å². The quantitative estimate of drug-likeness (QED) is 0.208. The van der Waals surface area contributed by atoms with Crippen LogP contribution < -0.4 is 0 Å². The van der Waals surface area contributed by atoms with Gasteiger partial charge in [0.1, 0.15) is 0 Å². The number of halogens is 1. The van der Waals surface area contributed by atoms with Gasteiger partial charge in [-0.25, -0.2) is 4.79 Å². The Hall–Kier alpha value is -2.47. The molecule has 0 spiro atoms. The monoisotopic (exact) mass is 401 g/mol. The Balaban J connectivity index is 2.51. The fourth-order valence-corrected chi connectivity index (χ4v) is 3.86. The van der Waals surface area contributed by atoms with E-state index >= 15 is 0 Å². The van der Waals surface area contributed by atoms with Gasteiger partial charge in [0.2, 0.25) is 0 Å². The lowest BCUT2D eigenvalue weighted by Gasteiger charge is -2.24. The number of nitrogens with zero attached hydrogens (tertiary/aromatic N) is 1. The molecule has 0 radical (unpaired) electrons. The van der Waals surface area contributed by atoms with Gasteiger partial charge < -0.3 is 4.74 Å². The molecule has 6 heteroatoms. The molecule has 25 heavy (non-hydrogen) atoms. The number of nitro groups is 1. The van der Waals surface area contributed by atoms with Crippen LogP contribution in [0.4, 0.5) is 0 Å². The van der Waals surface area contributed by atoms with Crippen LogP contribution in [0.15, 0.2) is 54.6 Å². The molecule has 0 bridgehead atoms.